The molecule has 1 aromatic rings. The van der Waals surface area contributed by atoms with Crippen LogP contribution in [-0.2, 0) is 0 Å². The maximum absolute atomic E-state index is 5.78. The number of hydrogen-bond acceptors (Lipinski definition) is 2. The minimum atomic E-state index is -0.0464. The molecular weight excluding hydrogens is 212 g/mol. The number of hydrogen-bond donors (Lipinski definition) is 2. The van der Waals surface area contributed by atoms with Crippen LogP contribution < -0.4 is 11.5 Å². The van der Waals surface area contributed by atoms with Crippen molar-refractivity contribution in [3.05, 3.63) is 34.9 Å². The first-order chi connectivity index (χ1) is 7.13. The number of nitrogens with zero attached hydrogens (tertiary/aromatic N) is 2. The Morgan fingerprint density at radius 1 is 1.20 bits per heavy atom. The number of benzene rings is 1. The van der Waals surface area contributed by atoms with Crippen molar-refractivity contribution in [1.29, 1.82) is 0 Å². The molecule has 0 fully saturated rings. The molecule has 0 amide bonds. The molecule has 0 spiro atoms. The Morgan fingerprint density at radius 2 is 1.80 bits per heavy atom. The van der Waals surface area contributed by atoms with Gasteiger partial charge in [-0.1, -0.05) is 30.7 Å². The van der Waals surface area contributed by atoms with Gasteiger partial charge in [-0.15, -0.1) is 5.10 Å². The van der Waals surface area contributed by atoms with Crippen molar-refractivity contribution in [3.8, 4) is 0 Å². The van der Waals surface area contributed by atoms with E-state index in [0.717, 1.165) is 17.7 Å². The van der Waals surface area contributed by atoms with Crippen molar-refractivity contribution in [2.75, 3.05) is 0 Å². The molecule has 80 valence electrons. The molecule has 15 heavy (non-hydrogen) atoms. The summed E-state index contributed by atoms with van der Waals surface area (Å²) in [6.45, 7) is 1.98. The van der Waals surface area contributed by atoms with Crippen molar-refractivity contribution >= 4 is 23.3 Å². The van der Waals surface area contributed by atoms with Gasteiger partial charge < -0.3 is 11.5 Å². The van der Waals surface area contributed by atoms with Gasteiger partial charge in [0.2, 0.25) is 5.96 Å². The molecule has 1 aromatic carbocycles. The lowest BCUT2D eigenvalue weighted by atomic mass is 10.1. The molecule has 0 aliphatic carbocycles. The second kappa shape index (κ2) is 5.36. The quantitative estimate of drug-likeness (QED) is 0.466. The molecule has 1 rings (SSSR count). The smallest absolute Gasteiger partial charge is 0.211 e. The summed E-state index contributed by atoms with van der Waals surface area (Å²) in [7, 11) is 0. The normalized spacial score (nSPS) is 11.2. The molecule has 0 heterocycles. The monoisotopic (exact) mass is 224 g/mol. The number of rotatable bonds is 3. The van der Waals surface area contributed by atoms with Crippen LogP contribution in [0.5, 0.6) is 0 Å². The Morgan fingerprint density at radius 3 is 2.27 bits per heavy atom. The first-order valence-electron chi connectivity index (χ1n) is 4.55. The van der Waals surface area contributed by atoms with Gasteiger partial charge in [-0.3, -0.25) is 0 Å². The third-order valence-corrected chi connectivity index (χ3v) is 2.05. The summed E-state index contributed by atoms with van der Waals surface area (Å²) in [6.07, 6.45) is 0.748. The average molecular weight is 225 g/mol. The van der Waals surface area contributed by atoms with Gasteiger partial charge in [0, 0.05) is 5.02 Å². The zero-order valence-corrected chi connectivity index (χ0v) is 9.20. The summed E-state index contributed by atoms with van der Waals surface area (Å²) in [5.74, 6) is -0.0464. The van der Waals surface area contributed by atoms with Crippen molar-refractivity contribution in [2.24, 2.45) is 21.7 Å². The molecule has 0 saturated heterocycles. The van der Waals surface area contributed by atoms with Crippen molar-refractivity contribution in [2.45, 2.75) is 13.3 Å². The summed E-state index contributed by atoms with van der Waals surface area (Å²) in [4.78, 5) is 0. The van der Waals surface area contributed by atoms with E-state index in [2.05, 4.69) is 10.2 Å². The fraction of sp³-hybridized carbons (Fsp3) is 0.200. The number of guanidine groups is 1. The fourth-order valence-corrected chi connectivity index (χ4v) is 1.22. The van der Waals surface area contributed by atoms with Gasteiger partial charge in [0.15, 0.2) is 0 Å². The first kappa shape index (κ1) is 11.5. The highest BCUT2D eigenvalue weighted by atomic mass is 35.5. The van der Waals surface area contributed by atoms with E-state index >= 15 is 0 Å². The SMILES string of the molecule is CC/C(=N/N=C(N)N)c1ccc(Cl)cc1. The summed E-state index contributed by atoms with van der Waals surface area (Å²) >= 11 is 5.78. The van der Waals surface area contributed by atoms with Gasteiger partial charge in [-0.25, -0.2) is 0 Å². The van der Waals surface area contributed by atoms with Crippen LogP contribution in [0, 0.1) is 0 Å². The van der Waals surface area contributed by atoms with E-state index in [9.17, 15) is 0 Å². The Hall–Kier alpha value is -1.55. The van der Waals surface area contributed by atoms with E-state index in [1.807, 2.05) is 19.1 Å². The largest absolute Gasteiger partial charge is 0.369 e. The van der Waals surface area contributed by atoms with E-state index in [4.69, 9.17) is 23.1 Å². The molecule has 0 aromatic heterocycles. The third kappa shape index (κ3) is 3.59. The van der Waals surface area contributed by atoms with E-state index in [1.165, 1.54) is 0 Å². The minimum Gasteiger partial charge on any atom is -0.369 e. The Kier molecular flexibility index (Phi) is 4.12. The zero-order valence-electron chi connectivity index (χ0n) is 8.44. The highest BCUT2D eigenvalue weighted by molar-refractivity contribution is 6.30. The van der Waals surface area contributed by atoms with E-state index in [-0.39, 0.29) is 5.96 Å². The lowest BCUT2D eigenvalue weighted by Gasteiger charge is -2.01. The molecule has 0 bridgehead atoms. The Balaban J connectivity index is 2.97. The molecule has 0 atom stereocenters. The van der Waals surface area contributed by atoms with Gasteiger partial charge in [-0.05, 0) is 24.1 Å². The zero-order chi connectivity index (χ0) is 11.3. The van der Waals surface area contributed by atoms with Crippen LogP contribution in [0.3, 0.4) is 0 Å². The van der Waals surface area contributed by atoms with Crippen LogP contribution in [0.1, 0.15) is 18.9 Å². The Bertz CT molecular complexity index is 377. The molecule has 4 nitrogen and oxygen atoms in total. The number of nitrogens with two attached hydrogens (primary N) is 2. The highest BCUT2D eigenvalue weighted by Crippen LogP contribution is 2.11. The lowest BCUT2D eigenvalue weighted by molar-refractivity contribution is 1.15. The highest BCUT2D eigenvalue weighted by Gasteiger charge is 2.00. The van der Waals surface area contributed by atoms with Crippen molar-refractivity contribution in [1.82, 2.24) is 0 Å². The second-order valence-electron chi connectivity index (χ2n) is 2.93. The molecule has 0 aliphatic rings. The lowest BCUT2D eigenvalue weighted by Crippen LogP contribution is -2.22. The van der Waals surface area contributed by atoms with Gasteiger partial charge in [-0.2, -0.15) is 5.10 Å². The Labute approximate surface area is 93.6 Å². The van der Waals surface area contributed by atoms with Crippen molar-refractivity contribution in [3.63, 3.8) is 0 Å². The average Bonchev–Trinajstić information content (AvgIpc) is 2.21. The number of halogens is 1. The van der Waals surface area contributed by atoms with Gasteiger partial charge in [0.05, 0.1) is 5.71 Å². The minimum absolute atomic E-state index is 0.0464. The molecule has 0 aliphatic heterocycles. The molecule has 0 radical (unpaired) electrons. The molecule has 4 N–H and O–H groups in total. The van der Waals surface area contributed by atoms with E-state index in [0.29, 0.717) is 5.02 Å². The molecule has 5 heteroatoms. The van der Waals surface area contributed by atoms with Crippen LogP contribution in [0.15, 0.2) is 34.5 Å². The predicted octanol–water partition coefficient (Wildman–Crippen LogP) is 1.73. The summed E-state index contributed by atoms with van der Waals surface area (Å²) in [5.41, 5.74) is 12.2. The fourth-order valence-electron chi connectivity index (χ4n) is 1.09. The van der Waals surface area contributed by atoms with E-state index in [1.54, 1.807) is 12.1 Å². The van der Waals surface area contributed by atoms with Crippen molar-refractivity contribution < 1.29 is 0 Å². The van der Waals surface area contributed by atoms with E-state index < -0.39 is 0 Å². The van der Waals surface area contributed by atoms with Gasteiger partial charge in [0.1, 0.15) is 0 Å². The van der Waals surface area contributed by atoms with Crippen LogP contribution in [0.2, 0.25) is 5.02 Å². The maximum Gasteiger partial charge on any atom is 0.211 e. The van der Waals surface area contributed by atoms with Crippen LogP contribution in [0.25, 0.3) is 0 Å². The maximum atomic E-state index is 5.78. The third-order valence-electron chi connectivity index (χ3n) is 1.80. The second-order valence-corrected chi connectivity index (χ2v) is 3.37. The summed E-state index contributed by atoms with van der Waals surface area (Å²) < 4.78 is 0. The predicted molar refractivity (Wildman–Crippen MR) is 64.1 cm³/mol. The topological polar surface area (TPSA) is 76.8 Å². The molecule has 0 unspecified atom stereocenters. The molecular formula is C10H13ClN4. The standard InChI is InChI=1S/C10H13ClN4/c1-2-9(14-15-10(12)13)7-3-5-8(11)6-4-7/h3-6H,2H2,1H3,(H4,12,13,15)/b14-9-. The van der Waals surface area contributed by atoms with Crippen LogP contribution in [-0.4, -0.2) is 11.7 Å². The molecule has 0 saturated carbocycles. The van der Waals surface area contributed by atoms with Crippen LogP contribution >= 0.6 is 11.6 Å². The van der Waals surface area contributed by atoms with Gasteiger partial charge in [0.25, 0.3) is 0 Å². The summed E-state index contributed by atoms with van der Waals surface area (Å²) in [5, 5.41) is 8.27. The summed E-state index contributed by atoms with van der Waals surface area (Å²) in [6, 6.07) is 7.37. The van der Waals surface area contributed by atoms with Gasteiger partial charge >= 0.3 is 0 Å². The first-order valence-corrected chi connectivity index (χ1v) is 4.92. The van der Waals surface area contributed by atoms with Crippen LogP contribution in [0.4, 0.5) is 0 Å².